The quantitative estimate of drug-likeness (QED) is 0.629. The van der Waals surface area contributed by atoms with Gasteiger partial charge in [0.1, 0.15) is 0 Å². The van der Waals surface area contributed by atoms with E-state index in [9.17, 15) is 14.4 Å². The van der Waals surface area contributed by atoms with Crippen molar-refractivity contribution in [2.24, 2.45) is 0 Å². The normalized spacial score (nSPS) is 14.9. The summed E-state index contributed by atoms with van der Waals surface area (Å²) in [6, 6.07) is 4.80. The smallest absolute Gasteiger partial charge is 0.338 e. The molecule has 5 nitrogen and oxygen atoms in total. The molecule has 0 aromatic heterocycles. The highest BCUT2D eigenvalue weighted by Gasteiger charge is 2.29. The summed E-state index contributed by atoms with van der Waals surface area (Å²) in [6.07, 6.45) is -0.0634. The zero-order chi connectivity index (χ0) is 14.0. The van der Waals surface area contributed by atoms with E-state index in [2.05, 4.69) is 15.9 Å². The number of benzene rings is 1. The van der Waals surface area contributed by atoms with Crippen LogP contribution in [0.15, 0.2) is 22.7 Å². The van der Waals surface area contributed by atoms with Crippen LogP contribution in [0.5, 0.6) is 0 Å². The molecule has 0 saturated carbocycles. The molecule has 1 aliphatic rings. The van der Waals surface area contributed by atoms with Crippen LogP contribution in [0.1, 0.15) is 23.7 Å². The van der Waals surface area contributed by atoms with Crippen molar-refractivity contribution in [1.82, 2.24) is 0 Å². The van der Waals surface area contributed by atoms with Crippen molar-refractivity contribution in [1.29, 1.82) is 0 Å². The van der Waals surface area contributed by atoms with Crippen LogP contribution in [0.3, 0.4) is 0 Å². The molecular weight excluding hydrogens is 314 g/mol. The van der Waals surface area contributed by atoms with E-state index in [1.165, 1.54) is 4.90 Å². The Balaban J connectivity index is 2.27. The van der Waals surface area contributed by atoms with Gasteiger partial charge in [-0.15, -0.1) is 0 Å². The number of rotatable bonds is 3. The van der Waals surface area contributed by atoms with Crippen molar-refractivity contribution in [2.45, 2.75) is 13.3 Å². The number of carbonyl (C=O) groups is 3. The second kappa shape index (κ2) is 5.52. The Hall–Kier alpha value is -1.69. The number of hydrogen-bond donors (Lipinski definition) is 0. The SMILES string of the molecule is CCOC(=O)c1ccc(N2CC(=O)CC2=O)c(Br)c1. The lowest BCUT2D eigenvalue weighted by molar-refractivity contribution is -0.121. The standard InChI is InChI=1S/C13H12BrNO4/c1-2-19-13(18)8-3-4-11(10(14)5-8)15-7-9(16)6-12(15)17/h3-5H,2,6-7H2,1H3. The van der Waals surface area contributed by atoms with E-state index < -0.39 is 5.97 Å². The molecule has 0 atom stereocenters. The Bertz CT molecular complexity index is 556. The summed E-state index contributed by atoms with van der Waals surface area (Å²) < 4.78 is 5.48. The molecule has 1 aromatic carbocycles. The zero-order valence-corrected chi connectivity index (χ0v) is 11.9. The number of Topliss-reactive ketones (excluding diaryl/α,β-unsaturated/α-hetero) is 1. The van der Waals surface area contributed by atoms with E-state index in [4.69, 9.17) is 4.74 Å². The Morgan fingerprint density at radius 1 is 1.42 bits per heavy atom. The molecule has 19 heavy (non-hydrogen) atoms. The number of carbonyl (C=O) groups excluding carboxylic acids is 3. The van der Waals surface area contributed by atoms with Gasteiger partial charge in [-0.1, -0.05) is 0 Å². The van der Waals surface area contributed by atoms with Gasteiger partial charge < -0.3 is 9.64 Å². The minimum absolute atomic E-state index is 0.0634. The van der Waals surface area contributed by atoms with Gasteiger partial charge in [0.05, 0.1) is 30.8 Å². The third kappa shape index (κ3) is 2.84. The Morgan fingerprint density at radius 3 is 2.68 bits per heavy atom. The van der Waals surface area contributed by atoms with Crippen molar-refractivity contribution in [2.75, 3.05) is 18.1 Å². The maximum Gasteiger partial charge on any atom is 0.338 e. The molecule has 1 heterocycles. The predicted molar refractivity (Wildman–Crippen MR) is 72.1 cm³/mol. The highest BCUT2D eigenvalue weighted by atomic mass is 79.9. The van der Waals surface area contributed by atoms with E-state index in [0.717, 1.165) is 0 Å². The molecule has 100 valence electrons. The predicted octanol–water partition coefficient (Wildman–Crippen LogP) is 1.93. The first-order valence-corrected chi connectivity index (χ1v) is 6.61. The van der Waals surface area contributed by atoms with E-state index in [1.807, 2.05) is 0 Å². The summed E-state index contributed by atoms with van der Waals surface area (Å²) in [6.45, 7) is 2.11. The maximum atomic E-state index is 11.7. The van der Waals surface area contributed by atoms with E-state index in [1.54, 1.807) is 25.1 Å². The topological polar surface area (TPSA) is 63.7 Å². The van der Waals surface area contributed by atoms with Gasteiger partial charge in [-0.2, -0.15) is 0 Å². The monoisotopic (exact) mass is 325 g/mol. The van der Waals surface area contributed by atoms with Crippen LogP contribution in [0.4, 0.5) is 5.69 Å². The van der Waals surface area contributed by atoms with Gasteiger partial charge in [0.2, 0.25) is 5.91 Å². The summed E-state index contributed by atoms with van der Waals surface area (Å²) in [7, 11) is 0. The van der Waals surface area contributed by atoms with Gasteiger partial charge in [-0.25, -0.2) is 4.79 Å². The van der Waals surface area contributed by atoms with Crippen LogP contribution < -0.4 is 4.90 Å². The van der Waals surface area contributed by atoms with Crippen molar-refractivity contribution >= 4 is 39.3 Å². The van der Waals surface area contributed by atoms with Crippen LogP contribution >= 0.6 is 15.9 Å². The molecule has 1 amide bonds. The number of ketones is 1. The third-order valence-corrected chi connectivity index (χ3v) is 3.37. The number of anilines is 1. The molecule has 1 fully saturated rings. The van der Waals surface area contributed by atoms with Crippen LogP contribution in [0.25, 0.3) is 0 Å². The van der Waals surface area contributed by atoms with Crippen molar-refractivity contribution in [3.05, 3.63) is 28.2 Å². The van der Waals surface area contributed by atoms with Crippen molar-refractivity contribution in [3.8, 4) is 0 Å². The minimum Gasteiger partial charge on any atom is -0.462 e. The average Bonchev–Trinajstić information content (AvgIpc) is 2.68. The molecule has 1 aromatic rings. The van der Waals surface area contributed by atoms with Crippen LogP contribution in [0, 0.1) is 0 Å². The number of hydrogen-bond acceptors (Lipinski definition) is 4. The lowest BCUT2D eigenvalue weighted by atomic mass is 10.2. The fraction of sp³-hybridized carbons (Fsp3) is 0.308. The lowest BCUT2D eigenvalue weighted by Gasteiger charge is -2.17. The molecule has 0 spiro atoms. The Morgan fingerprint density at radius 2 is 2.16 bits per heavy atom. The molecule has 1 saturated heterocycles. The first kappa shape index (κ1) is 13.7. The number of nitrogens with zero attached hydrogens (tertiary/aromatic N) is 1. The molecule has 0 N–H and O–H groups in total. The maximum absolute atomic E-state index is 11.7. The molecule has 0 aliphatic carbocycles. The Kier molecular flexibility index (Phi) is 3.99. The molecule has 0 radical (unpaired) electrons. The second-order valence-corrected chi connectivity index (χ2v) is 4.94. The zero-order valence-electron chi connectivity index (χ0n) is 10.3. The molecular formula is C13H12BrNO4. The summed E-state index contributed by atoms with van der Waals surface area (Å²) in [5.41, 5.74) is 0.986. The van der Waals surface area contributed by atoms with Crippen molar-refractivity contribution < 1.29 is 19.1 Å². The van der Waals surface area contributed by atoms with Gasteiger partial charge in [0.15, 0.2) is 5.78 Å². The summed E-state index contributed by atoms with van der Waals surface area (Å²) >= 11 is 3.31. The van der Waals surface area contributed by atoms with Gasteiger partial charge in [0.25, 0.3) is 0 Å². The molecule has 6 heteroatoms. The number of amides is 1. The second-order valence-electron chi connectivity index (χ2n) is 4.08. The first-order chi connectivity index (χ1) is 9.02. The fourth-order valence-corrected chi connectivity index (χ4v) is 2.46. The largest absolute Gasteiger partial charge is 0.462 e. The third-order valence-electron chi connectivity index (χ3n) is 2.73. The van der Waals surface area contributed by atoms with E-state index in [0.29, 0.717) is 22.3 Å². The average molecular weight is 326 g/mol. The van der Waals surface area contributed by atoms with E-state index in [-0.39, 0.29) is 24.7 Å². The summed E-state index contributed by atoms with van der Waals surface area (Å²) in [5, 5.41) is 0. The number of halogens is 1. The highest BCUT2D eigenvalue weighted by Crippen LogP contribution is 2.30. The van der Waals surface area contributed by atoms with Gasteiger partial charge in [0, 0.05) is 4.47 Å². The van der Waals surface area contributed by atoms with Gasteiger partial charge in [-0.3, -0.25) is 9.59 Å². The fourth-order valence-electron chi connectivity index (χ4n) is 1.87. The van der Waals surface area contributed by atoms with Gasteiger partial charge >= 0.3 is 5.97 Å². The number of ether oxygens (including phenoxy) is 1. The highest BCUT2D eigenvalue weighted by molar-refractivity contribution is 9.10. The molecule has 0 bridgehead atoms. The van der Waals surface area contributed by atoms with Crippen LogP contribution in [-0.2, 0) is 14.3 Å². The molecule has 1 aliphatic heterocycles. The van der Waals surface area contributed by atoms with Gasteiger partial charge in [-0.05, 0) is 41.1 Å². The minimum atomic E-state index is -0.418. The lowest BCUT2D eigenvalue weighted by Crippen LogP contribution is -2.25. The molecule has 0 unspecified atom stereocenters. The summed E-state index contributed by atoms with van der Waals surface area (Å²) in [5.74, 6) is -0.750. The van der Waals surface area contributed by atoms with Crippen LogP contribution in [-0.4, -0.2) is 30.8 Å². The van der Waals surface area contributed by atoms with Crippen LogP contribution in [0.2, 0.25) is 0 Å². The molecule has 2 rings (SSSR count). The number of esters is 1. The van der Waals surface area contributed by atoms with Crippen molar-refractivity contribution in [3.63, 3.8) is 0 Å². The first-order valence-electron chi connectivity index (χ1n) is 5.81. The summed E-state index contributed by atoms with van der Waals surface area (Å²) in [4.78, 5) is 35.9. The van der Waals surface area contributed by atoms with E-state index >= 15 is 0 Å². The Labute approximate surface area is 118 Å².